The molecule has 2 bridgehead atoms. The van der Waals surface area contributed by atoms with Gasteiger partial charge in [-0.3, -0.25) is 24.5 Å². The Morgan fingerprint density at radius 1 is 0.640 bits per heavy atom. The summed E-state index contributed by atoms with van der Waals surface area (Å²) in [5, 5.41) is 11.7. The van der Waals surface area contributed by atoms with Crippen LogP contribution in [-0.4, -0.2) is 29.6 Å². The molecule has 1 heterocycles. The van der Waals surface area contributed by atoms with E-state index in [2.05, 4.69) is 0 Å². The van der Waals surface area contributed by atoms with E-state index >= 15 is 14.4 Å². The zero-order valence-corrected chi connectivity index (χ0v) is 27.6. The first kappa shape index (κ1) is 31.1. The Labute approximate surface area is 288 Å². The number of fused-ring (bicyclic) bond motifs is 5. The van der Waals surface area contributed by atoms with Gasteiger partial charge in [0.05, 0.1) is 46.5 Å². The number of carbonyl (C=O) groups excluding carboxylic acids is 3. The van der Waals surface area contributed by atoms with Crippen LogP contribution in [0.5, 0.6) is 5.75 Å². The van der Waals surface area contributed by atoms with Gasteiger partial charge in [-0.25, -0.2) is 4.90 Å². The predicted molar refractivity (Wildman–Crippen MR) is 190 cm³/mol. The number of allylic oxidation sites excluding steroid dienone is 2. The second kappa shape index (κ2) is 11.2. The molecule has 0 N–H and O–H groups in total. The van der Waals surface area contributed by atoms with Crippen LogP contribution >= 0.6 is 0 Å². The second-order valence-corrected chi connectivity index (χ2v) is 13.2. The molecule has 0 aromatic heterocycles. The molecule has 0 radical (unpaired) electrons. The molecule has 1 saturated carbocycles. The average Bonchev–Trinajstić information content (AvgIpc) is 3.64. The third kappa shape index (κ3) is 3.96. The van der Waals surface area contributed by atoms with Crippen LogP contribution in [0.3, 0.4) is 0 Å². The van der Waals surface area contributed by atoms with Gasteiger partial charge >= 0.3 is 0 Å². The average molecular weight is 661 g/mol. The summed E-state index contributed by atoms with van der Waals surface area (Å²) < 4.78 is 5.55. The third-order valence-corrected chi connectivity index (χ3v) is 10.7. The van der Waals surface area contributed by atoms with Gasteiger partial charge in [0.15, 0.2) is 5.78 Å². The molecule has 1 saturated heterocycles. The minimum atomic E-state index is -1.56. The number of nitro benzene ring substituents is 1. The molecular formula is C42H32N2O6. The van der Waals surface area contributed by atoms with Gasteiger partial charge in [-0.05, 0) is 53.3 Å². The van der Waals surface area contributed by atoms with Gasteiger partial charge in [-0.15, -0.1) is 0 Å². The third-order valence-electron chi connectivity index (χ3n) is 10.7. The number of non-ortho nitro benzene ring substituents is 1. The molecule has 5 aromatic rings. The van der Waals surface area contributed by atoms with Crippen LogP contribution in [0, 0.1) is 35.8 Å². The number of Topliss-reactive ketones (excluding diaryl/α,β-unsaturated/α-hetero) is 1. The number of carbonyl (C=O) groups is 3. The number of imide groups is 1. The summed E-state index contributed by atoms with van der Waals surface area (Å²) in [5.41, 5.74) is 2.99. The number of benzene rings is 5. The summed E-state index contributed by atoms with van der Waals surface area (Å²) in [5.74, 6) is -3.59. The Balaban J connectivity index is 1.52. The Kier molecular flexibility index (Phi) is 6.98. The highest BCUT2D eigenvalue weighted by Gasteiger charge is 2.82. The molecule has 2 fully saturated rings. The van der Waals surface area contributed by atoms with E-state index in [4.69, 9.17) is 4.74 Å². The van der Waals surface area contributed by atoms with E-state index in [1.54, 1.807) is 0 Å². The Morgan fingerprint density at radius 3 is 1.48 bits per heavy atom. The van der Waals surface area contributed by atoms with E-state index in [1.165, 1.54) is 25.3 Å². The lowest BCUT2D eigenvalue weighted by molar-refractivity contribution is -0.384. The van der Waals surface area contributed by atoms with Gasteiger partial charge in [-0.1, -0.05) is 120 Å². The van der Waals surface area contributed by atoms with Gasteiger partial charge in [0.25, 0.3) is 5.69 Å². The smallest absolute Gasteiger partial charge is 0.273 e. The number of anilines is 1. The second-order valence-electron chi connectivity index (χ2n) is 13.2. The summed E-state index contributed by atoms with van der Waals surface area (Å²) >= 11 is 0. The van der Waals surface area contributed by atoms with Crippen LogP contribution in [0.1, 0.15) is 33.4 Å². The van der Waals surface area contributed by atoms with Crippen molar-refractivity contribution in [1.82, 2.24) is 0 Å². The van der Waals surface area contributed by atoms with Crippen LogP contribution in [0.25, 0.3) is 11.1 Å². The molecule has 3 aliphatic rings. The lowest BCUT2D eigenvalue weighted by Gasteiger charge is -2.39. The SMILES string of the molecule is COc1cc([N+](=O)[O-])ccc1N1C(=O)[C@@H]2[C@H](C1=O)[C@@]1(c3ccccc3)C(=O)[C@@]2(c2ccccc2)C(c2ccc(C)cc2)=C1c1ccc(C)cc1. The molecule has 0 unspecified atom stereocenters. The van der Waals surface area contributed by atoms with E-state index < -0.39 is 39.4 Å². The fourth-order valence-corrected chi connectivity index (χ4v) is 8.77. The van der Waals surface area contributed by atoms with Crippen LogP contribution in [0.2, 0.25) is 0 Å². The molecule has 5 aromatic carbocycles. The molecule has 8 heteroatoms. The molecule has 2 aliphatic carbocycles. The standard InChI is InChI=1S/C42H32N2O6/c1-25-14-18-27(19-15-25)34-35(28-20-16-26(2)17-21-28)42(30-12-8-5-9-13-30)37-36(41(34,40(42)47)29-10-6-4-7-11-29)38(45)43(39(37)46)32-23-22-31(44(48)49)24-33(32)50-3/h4-24,36-37H,1-3H3/t36-,37+,41-,42-/m0/s1. The van der Waals surface area contributed by atoms with Crippen molar-refractivity contribution in [2.45, 2.75) is 24.7 Å². The fraction of sp³-hybridized carbons (Fsp3) is 0.167. The number of hydrogen-bond donors (Lipinski definition) is 0. The van der Waals surface area contributed by atoms with Crippen LogP contribution in [-0.2, 0) is 25.2 Å². The minimum Gasteiger partial charge on any atom is -0.494 e. The van der Waals surface area contributed by atoms with Crippen molar-refractivity contribution in [3.63, 3.8) is 0 Å². The maximum Gasteiger partial charge on any atom is 0.273 e. The molecule has 0 spiro atoms. The number of rotatable bonds is 7. The van der Waals surface area contributed by atoms with Crippen LogP contribution < -0.4 is 9.64 Å². The number of aryl methyl sites for hydroxylation is 2. The number of hydrogen-bond acceptors (Lipinski definition) is 6. The number of methoxy groups -OCH3 is 1. The highest BCUT2D eigenvalue weighted by atomic mass is 16.6. The lowest BCUT2D eigenvalue weighted by Crippen LogP contribution is -2.45. The van der Waals surface area contributed by atoms with E-state index in [1.807, 2.05) is 123 Å². The predicted octanol–water partition coefficient (Wildman–Crippen LogP) is 7.41. The summed E-state index contributed by atoms with van der Waals surface area (Å²) in [4.78, 5) is 58.7. The minimum absolute atomic E-state index is 0.00699. The molecular weight excluding hydrogens is 628 g/mol. The first-order chi connectivity index (χ1) is 24.2. The zero-order valence-electron chi connectivity index (χ0n) is 27.6. The monoisotopic (exact) mass is 660 g/mol. The number of amides is 2. The molecule has 2 amide bonds. The first-order valence-corrected chi connectivity index (χ1v) is 16.4. The van der Waals surface area contributed by atoms with Gasteiger partial charge in [0.1, 0.15) is 5.75 Å². The van der Waals surface area contributed by atoms with E-state index in [0.29, 0.717) is 22.3 Å². The maximum absolute atomic E-state index is 16.0. The number of nitro groups is 1. The zero-order chi connectivity index (χ0) is 34.9. The molecule has 1 aliphatic heterocycles. The van der Waals surface area contributed by atoms with Gasteiger partial charge in [0.2, 0.25) is 11.8 Å². The number of ether oxygens (including phenoxy) is 1. The highest BCUT2D eigenvalue weighted by molar-refractivity contribution is 6.39. The normalized spacial score (nSPS) is 23.8. The maximum atomic E-state index is 16.0. The largest absolute Gasteiger partial charge is 0.494 e. The Hall–Kier alpha value is -6.15. The highest BCUT2D eigenvalue weighted by Crippen LogP contribution is 2.74. The number of ketones is 1. The fourth-order valence-electron chi connectivity index (χ4n) is 8.77. The van der Waals surface area contributed by atoms with Crippen LogP contribution in [0.15, 0.2) is 127 Å². The topological polar surface area (TPSA) is 107 Å². The van der Waals surface area contributed by atoms with Crippen LogP contribution in [0.4, 0.5) is 11.4 Å². The van der Waals surface area contributed by atoms with Crippen molar-refractivity contribution in [1.29, 1.82) is 0 Å². The first-order valence-electron chi connectivity index (χ1n) is 16.4. The molecule has 246 valence electrons. The summed E-state index contributed by atoms with van der Waals surface area (Å²) in [6.45, 7) is 3.99. The number of nitrogens with zero attached hydrogens (tertiary/aromatic N) is 2. The molecule has 8 nitrogen and oxygen atoms in total. The summed E-state index contributed by atoms with van der Waals surface area (Å²) in [7, 11) is 1.34. The lowest BCUT2D eigenvalue weighted by atomic mass is 9.59. The van der Waals surface area contributed by atoms with Crippen molar-refractivity contribution in [3.05, 3.63) is 171 Å². The van der Waals surface area contributed by atoms with Gasteiger partial charge in [-0.2, -0.15) is 0 Å². The van der Waals surface area contributed by atoms with Crippen molar-refractivity contribution >= 4 is 40.1 Å². The van der Waals surface area contributed by atoms with Crippen molar-refractivity contribution < 1.29 is 24.0 Å². The Bertz CT molecular complexity index is 2140. The van der Waals surface area contributed by atoms with Crippen molar-refractivity contribution in [2.75, 3.05) is 12.0 Å². The van der Waals surface area contributed by atoms with E-state index in [9.17, 15) is 10.1 Å². The molecule has 8 rings (SSSR count). The van der Waals surface area contributed by atoms with Gasteiger partial charge < -0.3 is 4.74 Å². The summed E-state index contributed by atoms with van der Waals surface area (Å²) in [6, 6.07) is 38.4. The Morgan fingerprint density at radius 2 is 1.08 bits per heavy atom. The van der Waals surface area contributed by atoms with Crippen molar-refractivity contribution in [3.8, 4) is 5.75 Å². The summed E-state index contributed by atoms with van der Waals surface area (Å²) in [6.07, 6.45) is 0. The quantitative estimate of drug-likeness (QED) is 0.102. The van der Waals surface area contributed by atoms with E-state index in [0.717, 1.165) is 27.2 Å². The molecule has 4 atom stereocenters. The molecule has 50 heavy (non-hydrogen) atoms. The van der Waals surface area contributed by atoms with Crippen molar-refractivity contribution in [2.24, 2.45) is 11.8 Å². The van der Waals surface area contributed by atoms with Gasteiger partial charge in [0, 0.05) is 6.07 Å². The van der Waals surface area contributed by atoms with E-state index in [-0.39, 0.29) is 22.9 Å².